The third-order valence-corrected chi connectivity index (χ3v) is 5.30. The van der Waals surface area contributed by atoms with Crippen LogP contribution in [0, 0.1) is 0 Å². The molecule has 0 atom stereocenters. The predicted octanol–water partition coefficient (Wildman–Crippen LogP) is 3.62. The molecule has 6 nitrogen and oxygen atoms in total. The third kappa shape index (κ3) is 4.32. The van der Waals surface area contributed by atoms with Crippen molar-refractivity contribution in [3.63, 3.8) is 0 Å². The van der Waals surface area contributed by atoms with E-state index >= 15 is 0 Å². The topological polar surface area (TPSA) is 67.2 Å². The van der Waals surface area contributed by atoms with Crippen LogP contribution in [0.4, 0.5) is 5.69 Å². The van der Waals surface area contributed by atoms with Gasteiger partial charge in [0.2, 0.25) is 5.91 Å². The second kappa shape index (κ2) is 8.49. The van der Waals surface area contributed by atoms with Crippen molar-refractivity contribution in [3.8, 4) is 5.69 Å². The van der Waals surface area contributed by atoms with Crippen LogP contribution in [-0.2, 0) is 17.9 Å². The number of rotatable bonds is 6. The number of amides is 1. The zero-order valence-electron chi connectivity index (χ0n) is 15.8. The first-order valence-corrected chi connectivity index (χ1v) is 9.92. The van der Waals surface area contributed by atoms with Gasteiger partial charge in [0.15, 0.2) is 0 Å². The van der Waals surface area contributed by atoms with Crippen molar-refractivity contribution in [2.24, 2.45) is 0 Å². The lowest BCUT2D eigenvalue weighted by Gasteiger charge is -2.16. The highest BCUT2D eigenvalue weighted by Gasteiger charge is 2.20. The molecule has 2 heterocycles. The zero-order chi connectivity index (χ0) is 20.2. The van der Waals surface area contributed by atoms with Gasteiger partial charge in [0.05, 0.1) is 17.6 Å². The molecular weight excluding hydrogens is 388 g/mol. The van der Waals surface area contributed by atoms with Crippen molar-refractivity contribution in [2.45, 2.75) is 25.9 Å². The van der Waals surface area contributed by atoms with E-state index in [0.29, 0.717) is 30.9 Å². The third-order valence-electron chi connectivity index (χ3n) is 4.94. The van der Waals surface area contributed by atoms with Crippen LogP contribution >= 0.6 is 11.6 Å². The summed E-state index contributed by atoms with van der Waals surface area (Å²) < 4.78 is 1.28. The van der Waals surface area contributed by atoms with E-state index in [1.54, 1.807) is 18.3 Å². The van der Waals surface area contributed by atoms with E-state index in [4.69, 9.17) is 11.6 Å². The Morgan fingerprint density at radius 3 is 2.59 bits per heavy atom. The first-order chi connectivity index (χ1) is 14.1. The van der Waals surface area contributed by atoms with E-state index in [0.717, 1.165) is 24.1 Å². The Hall–Kier alpha value is -3.12. The maximum atomic E-state index is 12.6. The minimum atomic E-state index is -0.371. The number of para-hydroxylation sites is 1. The Morgan fingerprint density at radius 1 is 1.03 bits per heavy atom. The normalized spacial score (nSPS) is 13.7. The molecule has 29 heavy (non-hydrogen) atoms. The molecule has 1 aromatic heterocycles. The van der Waals surface area contributed by atoms with Crippen LogP contribution in [0.1, 0.15) is 24.0 Å². The summed E-state index contributed by atoms with van der Waals surface area (Å²) in [5, 5.41) is 7.52. The molecule has 4 rings (SSSR count). The molecule has 0 spiro atoms. The van der Waals surface area contributed by atoms with Crippen LogP contribution in [0.5, 0.6) is 0 Å². The summed E-state index contributed by atoms with van der Waals surface area (Å²) >= 11 is 6.30. The van der Waals surface area contributed by atoms with Gasteiger partial charge in [0.25, 0.3) is 5.56 Å². The molecular formula is C22H21ClN4O2. The smallest absolute Gasteiger partial charge is 0.292 e. The quantitative estimate of drug-likeness (QED) is 0.676. The number of nitrogens with zero attached hydrogens (tertiary/aromatic N) is 3. The Morgan fingerprint density at radius 2 is 1.83 bits per heavy atom. The van der Waals surface area contributed by atoms with Gasteiger partial charge in [-0.05, 0) is 29.7 Å². The Balaban J connectivity index is 1.47. The monoisotopic (exact) mass is 408 g/mol. The fraction of sp³-hybridized carbons (Fsp3) is 0.227. The van der Waals surface area contributed by atoms with Gasteiger partial charge in [0, 0.05) is 26.1 Å². The molecule has 1 amide bonds. The number of nitrogens with one attached hydrogen (secondary N) is 1. The minimum Gasteiger partial charge on any atom is -0.378 e. The molecule has 3 aromatic rings. The fourth-order valence-corrected chi connectivity index (χ4v) is 3.63. The van der Waals surface area contributed by atoms with E-state index in [2.05, 4.69) is 16.5 Å². The molecule has 2 aromatic carbocycles. The summed E-state index contributed by atoms with van der Waals surface area (Å²) in [4.78, 5) is 26.3. The second-order valence-electron chi connectivity index (χ2n) is 7.02. The SMILES string of the molecule is O=C1CCCN1Cc1cccc(CNc2cnn(-c3ccccc3)c(=O)c2Cl)c1. The number of likely N-dealkylation sites (tertiary alicyclic amines) is 1. The number of hydrogen-bond acceptors (Lipinski definition) is 4. The van der Waals surface area contributed by atoms with Crippen molar-refractivity contribution >= 4 is 23.2 Å². The largest absolute Gasteiger partial charge is 0.378 e. The molecule has 0 unspecified atom stereocenters. The molecule has 1 fully saturated rings. The van der Waals surface area contributed by atoms with Crippen LogP contribution in [0.15, 0.2) is 65.6 Å². The average Bonchev–Trinajstić information content (AvgIpc) is 3.14. The van der Waals surface area contributed by atoms with E-state index in [1.165, 1.54) is 4.68 Å². The first kappa shape index (κ1) is 19.2. The van der Waals surface area contributed by atoms with Gasteiger partial charge in [-0.2, -0.15) is 9.78 Å². The van der Waals surface area contributed by atoms with Gasteiger partial charge < -0.3 is 10.2 Å². The number of anilines is 1. The van der Waals surface area contributed by atoms with Crippen molar-refractivity contribution in [1.29, 1.82) is 0 Å². The molecule has 0 aliphatic carbocycles. The summed E-state index contributed by atoms with van der Waals surface area (Å²) in [6.07, 6.45) is 3.13. The molecule has 1 saturated heterocycles. The molecule has 0 saturated carbocycles. The highest BCUT2D eigenvalue weighted by molar-refractivity contribution is 6.32. The van der Waals surface area contributed by atoms with Gasteiger partial charge in [-0.3, -0.25) is 9.59 Å². The van der Waals surface area contributed by atoms with Gasteiger partial charge in [-0.25, -0.2) is 0 Å². The van der Waals surface area contributed by atoms with Crippen LogP contribution < -0.4 is 10.9 Å². The van der Waals surface area contributed by atoms with Crippen molar-refractivity contribution < 1.29 is 4.79 Å². The van der Waals surface area contributed by atoms with Gasteiger partial charge in [0.1, 0.15) is 5.02 Å². The maximum absolute atomic E-state index is 12.6. The van der Waals surface area contributed by atoms with Crippen LogP contribution in [0.25, 0.3) is 5.69 Å². The fourth-order valence-electron chi connectivity index (χ4n) is 3.44. The number of benzene rings is 2. The zero-order valence-corrected chi connectivity index (χ0v) is 16.6. The lowest BCUT2D eigenvalue weighted by molar-refractivity contribution is -0.128. The number of aromatic nitrogens is 2. The van der Waals surface area contributed by atoms with Gasteiger partial charge in [-0.1, -0.05) is 54.1 Å². The number of hydrogen-bond donors (Lipinski definition) is 1. The van der Waals surface area contributed by atoms with Crippen molar-refractivity contribution in [2.75, 3.05) is 11.9 Å². The highest BCUT2D eigenvalue weighted by Crippen LogP contribution is 2.19. The molecule has 148 valence electrons. The number of carbonyl (C=O) groups excluding carboxylic acids is 1. The van der Waals surface area contributed by atoms with E-state index in [1.807, 2.05) is 41.3 Å². The summed E-state index contributed by atoms with van der Waals surface area (Å²) in [6.45, 7) is 1.94. The summed E-state index contributed by atoms with van der Waals surface area (Å²) in [6, 6.07) is 17.2. The summed E-state index contributed by atoms with van der Waals surface area (Å²) in [5.41, 5.74) is 2.91. The van der Waals surface area contributed by atoms with Crippen molar-refractivity contribution in [1.82, 2.24) is 14.7 Å². The summed E-state index contributed by atoms with van der Waals surface area (Å²) in [7, 11) is 0. The lowest BCUT2D eigenvalue weighted by Crippen LogP contribution is -2.24. The Labute approximate surface area is 173 Å². The van der Waals surface area contributed by atoms with Crippen LogP contribution in [0.3, 0.4) is 0 Å². The maximum Gasteiger partial charge on any atom is 0.292 e. The van der Waals surface area contributed by atoms with Gasteiger partial charge in [-0.15, -0.1) is 0 Å². The summed E-state index contributed by atoms with van der Waals surface area (Å²) in [5.74, 6) is 0.213. The minimum absolute atomic E-state index is 0.0997. The Bertz CT molecular complexity index is 1080. The second-order valence-corrected chi connectivity index (χ2v) is 7.40. The average molecular weight is 409 g/mol. The Kier molecular flexibility index (Phi) is 5.62. The molecule has 1 N–H and O–H groups in total. The number of carbonyl (C=O) groups is 1. The highest BCUT2D eigenvalue weighted by atomic mass is 35.5. The lowest BCUT2D eigenvalue weighted by atomic mass is 10.1. The van der Waals surface area contributed by atoms with Crippen LogP contribution in [0.2, 0.25) is 5.02 Å². The molecule has 7 heteroatoms. The molecule has 0 radical (unpaired) electrons. The van der Waals surface area contributed by atoms with Crippen LogP contribution in [-0.4, -0.2) is 27.1 Å². The number of halogens is 1. The molecule has 1 aliphatic heterocycles. The van der Waals surface area contributed by atoms with Gasteiger partial charge >= 0.3 is 0 Å². The van der Waals surface area contributed by atoms with E-state index in [9.17, 15) is 9.59 Å². The standard InChI is InChI=1S/C22H21ClN4O2/c23-21-19(14-25-27(22(21)29)18-8-2-1-3-9-18)24-13-16-6-4-7-17(12-16)15-26-11-5-10-20(26)28/h1-4,6-9,12,14,24H,5,10-11,13,15H2. The van der Waals surface area contributed by atoms with Crippen molar-refractivity contribution in [3.05, 3.63) is 87.3 Å². The van der Waals surface area contributed by atoms with E-state index in [-0.39, 0.29) is 16.5 Å². The first-order valence-electron chi connectivity index (χ1n) is 9.54. The molecule has 0 bridgehead atoms. The molecule has 1 aliphatic rings. The predicted molar refractivity (Wildman–Crippen MR) is 113 cm³/mol. The van der Waals surface area contributed by atoms with E-state index < -0.39 is 0 Å².